The highest BCUT2D eigenvalue weighted by Crippen LogP contribution is 2.25. The number of fused-ring (bicyclic) bond motifs is 1. The van der Waals surface area contributed by atoms with E-state index in [-0.39, 0.29) is 17.5 Å². The molecule has 0 fully saturated rings. The van der Waals surface area contributed by atoms with Gasteiger partial charge in [-0.2, -0.15) is 0 Å². The van der Waals surface area contributed by atoms with Crippen molar-refractivity contribution in [1.29, 1.82) is 0 Å². The lowest BCUT2D eigenvalue weighted by atomic mass is 9.99. The monoisotopic (exact) mass is 342 g/mol. The quantitative estimate of drug-likeness (QED) is 0.776. The third-order valence-electron chi connectivity index (χ3n) is 4.41. The molecule has 0 aliphatic carbocycles. The lowest BCUT2D eigenvalue weighted by Crippen LogP contribution is -2.38. The predicted molar refractivity (Wildman–Crippen MR) is 92.6 cm³/mol. The highest BCUT2D eigenvalue weighted by atomic mass is 16.4. The van der Waals surface area contributed by atoms with Crippen LogP contribution in [0.3, 0.4) is 0 Å². The number of carbonyl (C=O) groups excluding carboxylic acids is 1. The third-order valence-corrected chi connectivity index (χ3v) is 4.41. The van der Waals surface area contributed by atoms with Crippen LogP contribution in [0, 0.1) is 6.92 Å². The van der Waals surface area contributed by atoms with E-state index in [1.165, 1.54) is 12.1 Å². The molecular formula is C18H22N4O3. The highest BCUT2D eigenvalue weighted by molar-refractivity contribution is 5.87. The number of carboxylic acids is 1. The molecule has 7 heteroatoms. The molecule has 1 aliphatic rings. The van der Waals surface area contributed by atoms with Crippen LogP contribution in [-0.2, 0) is 13.1 Å². The van der Waals surface area contributed by atoms with Gasteiger partial charge >= 0.3 is 12.0 Å². The SMILES string of the molecule is Cc1cn2c(n1)C(CNC(=O)NCc1ccc(C(=O)O)cc1)CCC2. The summed E-state index contributed by atoms with van der Waals surface area (Å²) in [5, 5.41) is 14.6. The highest BCUT2D eigenvalue weighted by Gasteiger charge is 2.22. The summed E-state index contributed by atoms with van der Waals surface area (Å²) in [6, 6.07) is 6.22. The molecule has 3 rings (SSSR count). The summed E-state index contributed by atoms with van der Waals surface area (Å²) in [6.45, 7) is 3.88. The molecule has 1 aromatic heterocycles. The maximum absolute atomic E-state index is 12.0. The van der Waals surface area contributed by atoms with E-state index < -0.39 is 5.97 Å². The standard InChI is InChI=1S/C18H22N4O3/c1-12-11-22-8-2-3-15(16(22)21-12)10-20-18(25)19-9-13-4-6-14(7-5-13)17(23)24/h4-7,11,15H,2-3,8-10H2,1H3,(H,23,24)(H2,19,20,25). The van der Waals surface area contributed by atoms with Crippen LogP contribution in [0.1, 0.15) is 46.2 Å². The molecule has 0 radical (unpaired) electrons. The molecule has 25 heavy (non-hydrogen) atoms. The van der Waals surface area contributed by atoms with Crippen LogP contribution in [0.15, 0.2) is 30.5 Å². The lowest BCUT2D eigenvalue weighted by Gasteiger charge is -2.23. The van der Waals surface area contributed by atoms with Gasteiger partial charge in [0.25, 0.3) is 0 Å². The number of imidazole rings is 1. The van der Waals surface area contributed by atoms with Crippen molar-refractivity contribution >= 4 is 12.0 Å². The van der Waals surface area contributed by atoms with E-state index in [0.29, 0.717) is 13.1 Å². The van der Waals surface area contributed by atoms with Gasteiger partial charge in [-0.1, -0.05) is 12.1 Å². The van der Waals surface area contributed by atoms with Crippen LogP contribution < -0.4 is 10.6 Å². The van der Waals surface area contributed by atoms with E-state index in [1.54, 1.807) is 12.1 Å². The van der Waals surface area contributed by atoms with Gasteiger partial charge in [0.1, 0.15) is 5.82 Å². The summed E-state index contributed by atoms with van der Waals surface area (Å²) < 4.78 is 2.17. The number of aromatic carboxylic acids is 1. The first-order chi connectivity index (χ1) is 12.0. The topological polar surface area (TPSA) is 96.3 Å². The van der Waals surface area contributed by atoms with Gasteiger partial charge in [0.2, 0.25) is 0 Å². The summed E-state index contributed by atoms with van der Waals surface area (Å²) in [5.74, 6) is 0.328. The van der Waals surface area contributed by atoms with E-state index in [1.807, 2.05) is 6.92 Å². The van der Waals surface area contributed by atoms with Crippen molar-refractivity contribution in [1.82, 2.24) is 20.2 Å². The third kappa shape index (κ3) is 4.17. The van der Waals surface area contributed by atoms with Crippen molar-refractivity contribution in [2.45, 2.75) is 38.8 Å². The van der Waals surface area contributed by atoms with Gasteiger partial charge in [0, 0.05) is 31.7 Å². The van der Waals surface area contributed by atoms with Crippen LogP contribution in [0.5, 0.6) is 0 Å². The Morgan fingerprint density at radius 1 is 1.28 bits per heavy atom. The second kappa shape index (κ2) is 7.38. The maximum atomic E-state index is 12.0. The molecule has 2 amide bonds. The summed E-state index contributed by atoms with van der Waals surface area (Å²) in [7, 11) is 0. The molecule has 1 aromatic carbocycles. The Bertz CT molecular complexity index is 767. The van der Waals surface area contributed by atoms with Crippen LogP contribution in [-0.4, -0.2) is 33.2 Å². The van der Waals surface area contributed by atoms with Gasteiger partial charge in [-0.25, -0.2) is 14.6 Å². The molecule has 0 spiro atoms. The van der Waals surface area contributed by atoms with Crippen molar-refractivity contribution in [3.05, 3.63) is 53.1 Å². The average Bonchev–Trinajstić information content (AvgIpc) is 2.99. The zero-order chi connectivity index (χ0) is 17.8. The first kappa shape index (κ1) is 17.0. The van der Waals surface area contributed by atoms with Crippen molar-refractivity contribution in [2.24, 2.45) is 0 Å². The van der Waals surface area contributed by atoms with Gasteiger partial charge < -0.3 is 20.3 Å². The number of nitrogens with zero attached hydrogens (tertiary/aromatic N) is 2. The smallest absolute Gasteiger partial charge is 0.335 e. The van der Waals surface area contributed by atoms with E-state index in [0.717, 1.165) is 36.5 Å². The summed E-state index contributed by atoms with van der Waals surface area (Å²) >= 11 is 0. The zero-order valence-electron chi connectivity index (χ0n) is 14.2. The molecule has 0 saturated carbocycles. The molecule has 2 aromatic rings. The fraction of sp³-hybridized carbons (Fsp3) is 0.389. The summed E-state index contributed by atoms with van der Waals surface area (Å²) in [5.41, 5.74) is 2.09. The number of rotatable bonds is 5. The molecule has 0 bridgehead atoms. The number of urea groups is 1. The number of nitrogens with one attached hydrogen (secondary N) is 2. The second-order valence-corrected chi connectivity index (χ2v) is 6.34. The van der Waals surface area contributed by atoms with Gasteiger partial charge in [0.15, 0.2) is 0 Å². The Morgan fingerprint density at radius 3 is 2.76 bits per heavy atom. The van der Waals surface area contributed by atoms with Crippen molar-refractivity contribution in [3.63, 3.8) is 0 Å². The molecule has 7 nitrogen and oxygen atoms in total. The fourth-order valence-electron chi connectivity index (χ4n) is 3.13. The van der Waals surface area contributed by atoms with E-state index in [2.05, 4.69) is 26.4 Å². The minimum Gasteiger partial charge on any atom is -0.478 e. The molecule has 3 N–H and O–H groups in total. The molecule has 1 atom stereocenters. The molecule has 132 valence electrons. The van der Waals surface area contributed by atoms with Crippen molar-refractivity contribution < 1.29 is 14.7 Å². The van der Waals surface area contributed by atoms with Gasteiger partial charge in [-0.15, -0.1) is 0 Å². The van der Waals surface area contributed by atoms with Gasteiger partial charge in [-0.3, -0.25) is 0 Å². The summed E-state index contributed by atoms with van der Waals surface area (Å²) in [6.07, 6.45) is 4.17. The number of carboxylic acid groups (broad SMARTS) is 1. The Morgan fingerprint density at radius 2 is 2.04 bits per heavy atom. The molecule has 2 heterocycles. The molecule has 1 unspecified atom stereocenters. The molecule has 0 saturated heterocycles. The second-order valence-electron chi connectivity index (χ2n) is 6.34. The number of amides is 2. The van der Waals surface area contributed by atoms with E-state index in [9.17, 15) is 9.59 Å². The van der Waals surface area contributed by atoms with Crippen LogP contribution >= 0.6 is 0 Å². The van der Waals surface area contributed by atoms with Gasteiger partial charge in [0.05, 0.1) is 11.3 Å². The number of carbonyl (C=O) groups is 2. The molecule has 1 aliphatic heterocycles. The minimum absolute atomic E-state index is 0.233. The Hall–Kier alpha value is -2.83. The average molecular weight is 342 g/mol. The Kier molecular flexibility index (Phi) is 5.02. The normalized spacial score (nSPS) is 16.1. The number of aryl methyl sites for hydroxylation is 2. The van der Waals surface area contributed by atoms with E-state index >= 15 is 0 Å². The minimum atomic E-state index is -0.960. The predicted octanol–water partition coefficient (Wildman–Crippen LogP) is 2.27. The van der Waals surface area contributed by atoms with Crippen molar-refractivity contribution in [2.75, 3.05) is 6.54 Å². The zero-order valence-corrected chi connectivity index (χ0v) is 14.2. The Labute approximate surface area is 146 Å². The first-order valence-corrected chi connectivity index (χ1v) is 8.40. The molecular weight excluding hydrogens is 320 g/mol. The first-order valence-electron chi connectivity index (χ1n) is 8.40. The van der Waals surface area contributed by atoms with Crippen LogP contribution in [0.4, 0.5) is 4.79 Å². The van der Waals surface area contributed by atoms with Crippen LogP contribution in [0.25, 0.3) is 0 Å². The number of benzene rings is 1. The maximum Gasteiger partial charge on any atom is 0.335 e. The van der Waals surface area contributed by atoms with Crippen LogP contribution in [0.2, 0.25) is 0 Å². The Balaban J connectivity index is 1.48. The fourth-order valence-corrected chi connectivity index (χ4v) is 3.13. The lowest BCUT2D eigenvalue weighted by molar-refractivity contribution is 0.0697. The van der Waals surface area contributed by atoms with Crippen molar-refractivity contribution in [3.8, 4) is 0 Å². The number of aromatic nitrogens is 2. The summed E-state index contributed by atoms with van der Waals surface area (Å²) in [4.78, 5) is 27.4. The largest absolute Gasteiger partial charge is 0.478 e. The number of hydrogen-bond donors (Lipinski definition) is 3. The number of hydrogen-bond acceptors (Lipinski definition) is 3. The van der Waals surface area contributed by atoms with E-state index in [4.69, 9.17) is 5.11 Å². The van der Waals surface area contributed by atoms with Gasteiger partial charge in [-0.05, 0) is 37.5 Å².